The second-order valence-corrected chi connectivity index (χ2v) is 15.0. The van der Waals surface area contributed by atoms with Crippen molar-refractivity contribution in [1.82, 2.24) is 23.7 Å². The molecule has 1 aromatic heterocycles. The highest BCUT2D eigenvalue weighted by atomic mass is 32.2. The summed E-state index contributed by atoms with van der Waals surface area (Å²) in [6.45, 7) is 7.26. The first-order chi connectivity index (χ1) is 20.9. The van der Waals surface area contributed by atoms with Crippen molar-refractivity contribution >= 4 is 25.8 Å². The van der Waals surface area contributed by atoms with Gasteiger partial charge in [0, 0.05) is 38.9 Å². The molecule has 0 saturated carbocycles. The zero-order valence-corrected chi connectivity index (χ0v) is 27.6. The predicted molar refractivity (Wildman–Crippen MR) is 168 cm³/mol. The molecule has 44 heavy (non-hydrogen) atoms. The maximum Gasteiger partial charge on any atom is 0.262 e. The first kappa shape index (κ1) is 33.6. The number of unbranched alkanes of at least 4 members (excludes halogenated alkanes) is 1. The van der Waals surface area contributed by atoms with Crippen LogP contribution in [0.3, 0.4) is 0 Å². The SMILES string of the molecule is CCN(CCCCN1CCCN(S(=O)(=O)c2cn(C)cn2)CC1=O)C(C)Cc1ccc(S(=O)(=O)c2ccc(OC)cc2)cc1. The monoisotopic (exact) mass is 645 g/mol. The van der Waals surface area contributed by atoms with Gasteiger partial charge in [0.05, 0.1) is 29.8 Å². The Hall–Kier alpha value is -3.26. The van der Waals surface area contributed by atoms with Gasteiger partial charge in [-0.1, -0.05) is 19.1 Å². The second kappa shape index (κ2) is 14.7. The lowest BCUT2D eigenvalue weighted by Gasteiger charge is -2.28. The molecule has 2 heterocycles. The lowest BCUT2D eigenvalue weighted by atomic mass is 10.1. The Morgan fingerprint density at radius 2 is 1.64 bits per heavy atom. The number of carbonyl (C=O) groups excluding carboxylic acids is 1. The van der Waals surface area contributed by atoms with Crippen molar-refractivity contribution in [2.24, 2.45) is 7.05 Å². The number of benzene rings is 2. The fraction of sp³-hybridized carbons (Fsp3) is 0.484. The highest BCUT2D eigenvalue weighted by molar-refractivity contribution is 7.91. The number of sulfone groups is 1. The molecule has 3 aromatic rings. The zero-order valence-electron chi connectivity index (χ0n) is 25.9. The highest BCUT2D eigenvalue weighted by Crippen LogP contribution is 2.24. The van der Waals surface area contributed by atoms with E-state index >= 15 is 0 Å². The van der Waals surface area contributed by atoms with E-state index in [9.17, 15) is 21.6 Å². The van der Waals surface area contributed by atoms with Crippen molar-refractivity contribution in [2.45, 2.75) is 60.4 Å². The Balaban J connectivity index is 1.25. The van der Waals surface area contributed by atoms with Gasteiger partial charge in [-0.05, 0) is 87.7 Å². The minimum atomic E-state index is -3.81. The third kappa shape index (κ3) is 8.06. The first-order valence-corrected chi connectivity index (χ1v) is 17.9. The molecule has 1 aliphatic heterocycles. The summed E-state index contributed by atoms with van der Waals surface area (Å²) in [6, 6.07) is 13.7. The number of hydrogen-bond acceptors (Lipinski definition) is 8. The van der Waals surface area contributed by atoms with E-state index in [-0.39, 0.29) is 39.9 Å². The van der Waals surface area contributed by atoms with Crippen molar-refractivity contribution in [3.8, 4) is 5.75 Å². The van der Waals surface area contributed by atoms with Gasteiger partial charge in [-0.3, -0.25) is 4.79 Å². The number of rotatable bonds is 14. The molecule has 1 amide bonds. The molecular weight excluding hydrogens is 603 g/mol. The standard InChI is InChI=1S/C31H43N5O6S2/c1-5-34(25(2)21-26-9-13-28(14-10-26)43(38,39)29-15-11-27(42-4)12-16-29)17-6-7-18-35-19-8-20-36(23-31(35)37)44(40,41)30-22-33(3)24-32-30/h9-16,22,24-25H,5-8,17-21,23H2,1-4H3. The van der Waals surface area contributed by atoms with Crippen LogP contribution in [0.15, 0.2) is 75.9 Å². The maximum absolute atomic E-state index is 13.0. The molecule has 1 atom stereocenters. The molecule has 1 saturated heterocycles. The maximum atomic E-state index is 13.0. The molecule has 4 rings (SSSR count). The number of ether oxygens (including phenoxy) is 1. The largest absolute Gasteiger partial charge is 0.497 e. The Labute approximate surface area is 261 Å². The molecule has 0 aliphatic carbocycles. The Morgan fingerprint density at radius 1 is 0.977 bits per heavy atom. The van der Waals surface area contributed by atoms with Crippen molar-refractivity contribution in [2.75, 3.05) is 46.4 Å². The van der Waals surface area contributed by atoms with Crippen LogP contribution in [0.2, 0.25) is 0 Å². The van der Waals surface area contributed by atoms with Crippen molar-refractivity contribution in [3.05, 3.63) is 66.6 Å². The summed E-state index contributed by atoms with van der Waals surface area (Å²) in [6.07, 6.45) is 5.97. The van der Waals surface area contributed by atoms with Crippen LogP contribution in [-0.4, -0.2) is 98.8 Å². The van der Waals surface area contributed by atoms with Crippen LogP contribution in [0.4, 0.5) is 0 Å². The summed E-state index contributed by atoms with van der Waals surface area (Å²) in [5.41, 5.74) is 1.06. The average molecular weight is 646 g/mol. The number of nitrogens with zero attached hydrogens (tertiary/aromatic N) is 5. The lowest BCUT2D eigenvalue weighted by Crippen LogP contribution is -2.40. The van der Waals surface area contributed by atoms with Crippen LogP contribution >= 0.6 is 0 Å². The topological polar surface area (TPSA) is 122 Å². The zero-order chi connectivity index (χ0) is 31.9. The molecule has 0 N–H and O–H groups in total. The van der Waals surface area contributed by atoms with E-state index in [1.165, 1.54) is 23.9 Å². The van der Waals surface area contributed by atoms with Gasteiger partial charge in [0.2, 0.25) is 15.7 Å². The van der Waals surface area contributed by atoms with Crippen LogP contribution in [-0.2, 0) is 38.1 Å². The van der Waals surface area contributed by atoms with Gasteiger partial charge in [0.15, 0.2) is 5.03 Å². The molecule has 1 aliphatic rings. The number of aryl methyl sites for hydroxylation is 1. The first-order valence-electron chi connectivity index (χ1n) is 14.9. The average Bonchev–Trinajstić information content (AvgIpc) is 3.37. The molecule has 2 aromatic carbocycles. The molecule has 240 valence electrons. The fourth-order valence-electron chi connectivity index (χ4n) is 5.46. The minimum Gasteiger partial charge on any atom is -0.497 e. The number of carbonyl (C=O) groups is 1. The van der Waals surface area contributed by atoms with Crippen LogP contribution < -0.4 is 4.74 Å². The van der Waals surface area contributed by atoms with E-state index in [1.54, 1.807) is 52.9 Å². The normalized spacial score (nSPS) is 15.8. The molecule has 0 radical (unpaired) electrons. The van der Waals surface area contributed by atoms with Crippen molar-refractivity contribution < 1.29 is 26.4 Å². The third-order valence-electron chi connectivity index (χ3n) is 8.07. The predicted octanol–water partition coefficient (Wildman–Crippen LogP) is 3.22. The summed E-state index contributed by atoms with van der Waals surface area (Å²) in [7, 11) is -4.17. The van der Waals surface area contributed by atoms with Gasteiger partial charge >= 0.3 is 0 Å². The third-order valence-corrected chi connectivity index (χ3v) is 11.6. The molecule has 0 spiro atoms. The van der Waals surface area contributed by atoms with Crippen LogP contribution in [0.25, 0.3) is 0 Å². The number of methoxy groups -OCH3 is 1. The number of likely N-dealkylation sites (N-methyl/N-ethyl adjacent to an activating group) is 1. The van der Waals surface area contributed by atoms with Gasteiger partial charge < -0.3 is 19.1 Å². The Morgan fingerprint density at radius 3 is 2.23 bits per heavy atom. The summed E-state index contributed by atoms with van der Waals surface area (Å²) < 4.78 is 59.9. The molecule has 13 heteroatoms. The highest BCUT2D eigenvalue weighted by Gasteiger charge is 2.32. The number of sulfonamides is 1. The Bertz CT molecular complexity index is 1610. The van der Waals surface area contributed by atoms with E-state index in [2.05, 4.69) is 23.7 Å². The van der Waals surface area contributed by atoms with Crippen LogP contribution in [0.1, 0.15) is 38.7 Å². The van der Waals surface area contributed by atoms with E-state index in [0.717, 1.165) is 37.9 Å². The van der Waals surface area contributed by atoms with Gasteiger partial charge in [0.25, 0.3) is 10.0 Å². The molecular formula is C31H43N5O6S2. The van der Waals surface area contributed by atoms with Gasteiger partial charge in [-0.15, -0.1) is 0 Å². The minimum absolute atomic E-state index is 0.0374. The smallest absolute Gasteiger partial charge is 0.262 e. The second-order valence-electron chi connectivity index (χ2n) is 11.2. The quantitative estimate of drug-likeness (QED) is 0.245. The van der Waals surface area contributed by atoms with Crippen molar-refractivity contribution in [3.63, 3.8) is 0 Å². The number of imidazole rings is 1. The summed E-state index contributed by atoms with van der Waals surface area (Å²) in [5, 5.41) is -0.0374. The summed E-state index contributed by atoms with van der Waals surface area (Å²) >= 11 is 0. The van der Waals surface area contributed by atoms with E-state index in [0.29, 0.717) is 25.3 Å². The number of aromatic nitrogens is 2. The van der Waals surface area contributed by atoms with E-state index in [1.807, 2.05) is 12.1 Å². The number of amides is 1. The van der Waals surface area contributed by atoms with Gasteiger partial charge in [0.1, 0.15) is 5.75 Å². The van der Waals surface area contributed by atoms with E-state index < -0.39 is 19.9 Å². The summed E-state index contributed by atoms with van der Waals surface area (Å²) in [5.74, 6) is 0.422. The van der Waals surface area contributed by atoms with Crippen molar-refractivity contribution in [1.29, 1.82) is 0 Å². The molecule has 1 unspecified atom stereocenters. The summed E-state index contributed by atoms with van der Waals surface area (Å²) in [4.78, 5) is 21.5. The molecule has 1 fully saturated rings. The molecule has 11 nitrogen and oxygen atoms in total. The van der Waals surface area contributed by atoms with Crippen LogP contribution in [0.5, 0.6) is 5.75 Å². The van der Waals surface area contributed by atoms with E-state index in [4.69, 9.17) is 4.74 Å². The Kier molecular flexibility index (Phi) is 11.2. The molecule has 0 bridgehead atoms. The van der Waals surface area contributed by atoms with Gasteiger partial charge in [-0.25, -0.2) is 21.8 Å². The van der Waals surface area contributed by atoms with Gasteiger partial charge in [-0.2, -0.15) is 4.31 Å². The fourth-order valence-corrected chi connectivity index (χ4v) is 8.12. The number of hydrogen-bond donors (Lipinski definition) is 0. The lowest BCUT2D eigenvalue weighted by molar-refractivity contribution is -0.130. The van der Waals surface area contributed by atoms with Crippen LogP contribution in [0, 0.1) is 0 Å².